The van der Waals surface area contributed by atoms with Gasteiger partial charge < -0.3 is 15.4 Å². The highest BCUT2D eigenvalue weighted by atomic mass is 16.6. The highest BCUT2D eigenvalue weighted by molar-refractivity contribution is 5.69. The van der Waals surface area contributed by atoms with Crippen molar-refractivity contribution in [2.45, 2.75) is 44.9 Å². The van der Waals surface area contributed by atoms with E-state index in [4.69, 9.17) is 10.5 Å². The van der Waals surface area contributed by atoms with E-state index >= 15 is 0 Å². The van der Waals surface area contributed by atoms with Crippen LogP contribution in [0.4, 0.5) is 4.79 Å². The molecular weight excluding hydrogens is 240 g/mol. The van der Waals surface area contributed by atoms with Crippen molar-refractivity contribution < 1.29 is 9.53 Å². The Labute approximate surface area is 114 Å². The van der Waals surface area contributed by atoms with Crippen LogP contribution in [0, 0.1) is 0 Å². The molecule has 2 rings (SSSR count). The minimum atomic E-state index is -0.274. The van der Waals surface area contributed by atoms with E-state index in [2.05, 4.69) is 13.8 Å². The van der Waals surface area contributed by atoms with Gasteiger partial charge in [0.2, 0.25) is 0 Å². The lowest BCUT2D eigenvalue weighted by molar-refractivity contribution is 0.0341. The summed E-state index contributed by atoms with van der Waals surface area (Å²) in [4.78, 5) is 13.9. The lowest BCUT2D eigenvalue weighted by atomic mass is 9.89. The highest BCUT2D eigenvalue weighted by Gasteiger charge is 2.37. The van der Waals surface area contributed by atoms with Crippen LogP contribution in [-0.4, -0.2) is 29.1 Å². The smallest absolute Gasteiger partial charge is 0.410 e. The molecule has 1 aromatic carbocycles. The van der Waals surface area contributed by atoms with Crippen molar-refractivity contribution in [2.75, 3.05) is 6.54 Å². The number of piperidine rings is 1. The number of rotatable bonds is 2. The Kier molecular flexibility index (Phi) is 4.10. The maximum absolute atomic E-state index is 12.2. The van der Waals surface area contributed by atoms with Gasteiger partial charge >= 0.3 is 6.09 Å². The van der Waals surface area contributed by atoms with Crippen LogP contribution in [0.1, 0.15) is 32.3 Å². The van der Waals surface area contributed by atoms with Gasteiger partial charge in [-0.3, -0.25) is 0 Å². The predicted molar refractivity (Wildman–Crippen MR) is 74.6 cm³/mol. The topological polar surface area (TPSA) is 55.6 Å². The van der Waals surface area contributed by atoms with Crippen LogP contribution >= 0.6 is 0 Å². The van der Waals surface area contributed by atoms with Crippen LogP contribution in [0.3, 0.4) is 0 Å². The van der Waals surface area contributed by atoms with Crippen molar-refractivity contribution in [3.63, 3.8) is 0 Å². The standard InChI is InChI=1S/C15H22N2O2/c1-15(2)9-8-13(16)10-17(15)14(18)19-11-12-6-4-3-5-7-12/h3-7,13H,8-11,16H2,1-2H3/t13-/m0/s1. The second-order valence-electron chi connectivity index (χ2n) is 5.76. The van der Waals surface area contributed by atoms with Crippen molar-refractivity contribution in [1.29, 1.82) is 0 Å². The molecule has 1 aliphatic heterocycles. The molecule has 2 N–H and O–H groups in total. The first-order chi connectivity index (χ1) is 8.99. The molecule has 19 heavy (non-hydrogen) atoms. The van der Waals surface area contributed by atoms with Gasteiger partial charge in [-0.2, -0.15) is 0 Å². The van der Waals surface area contributed by atoms with Crippen molar-refractivity contribution >= 4 is 6.09 Å². The lowest BCUT2D eigenvalue weighted by Crippen LogP contribution is -2.56. The van der Waals surface area contributed by atoms with Gasteiger partial charge in [0.1, 0.15) is 6.61 Å². The van der Waals surface area contributed by atoms with Crippen LogP contribution in [0.2, 0.25) is 0 Å². The van der Waals surface area contributed by atoms with Crippen LogP contribution in [-0.2, 0) is 11.3 Å². The van der Waals surface area contributed by atoms with E-state index < -0.39 is 0 Å². The lowest BCUT2D eigenvalue weighted by Gasteiger charge is -2.43. The summed E-state index contributed by atoms with van der Waals surface area (Å²) >= 11 is 0. The number of nitrogens with zero attached hydrogens (tertiary/aromatic N) is 1. The Morgan fingerprint density at radius 2 is 2.11 bits per heavy atom. The van der Waals surface area contributed by atoms with Crippen molar-refractivity contribution in [3.05, 3.63) is 35.9 Å². The molecule has 0 radical (unpaired) electrons. The maximum atomic E-state index is 12.2. The zero-order chi connectivity index (χ0) is 13.9. The number of carbonyl (C=O) groups excluding carboxylic acids is 1. The van der Waals surface area contributed by atoms with Crippen LogP contribution < -0.4 is 5.73 Å². The zero-order valence-corrected chi connectivity index (χ0v) is 11.6. The Bertz CT molecular complexity index is 431. The van der Waals surface area contributed by atoms with Gasteiger partial charge in [0.25, 0.3) is 0 Å². The molecule has 4 heteroatoms. The molecule has 1 aromatic rings. The number of ether oxygens (including phenoxy) is 1. The van der Waals surface area contributed by atoms with E-state index in [9.17, 15) is 4.79 Å². The minimum absolute atomic E-state index is 0.0531. The summed E-state index contributed by atoms with van der Waals surface area (Å²) in [6.07, 6.45) is 1.59. The Hall–Kier alpha value is -1.55. The first-order valence-corrected chi connectivity index (χ1v) is 6.73. The van der Waals surface area contributed by atoms with Crippen molar-refractivity contribution in [2.24, 2.45) is 5.73 Å². The van der Waals surface area contributed by atoms with Gasteiger partial charge in [-0.05, 0) is 32.3 Å². The molecular formula is C15H22N2O2. The first-order valence-electron chi connectivity index (χ1n) is 6.73. The molecule has 1 heterocycles. The van der Waals surface area contributed by atoms with E-state index in [1.54, 1.807) is 4.90 Å². The summed E-state index contributed by atoms with van der Waals surface area (Å²) in [7, 11) is 0. The maximum Gasteiger partial charge on any atom is 0.410 e. The molecule has 0 aliphatic carbocycles. The van der Waals surface area contributed by atoms with E-state index in [0.29, 0.717) is 13.2 Å². The van der Waals surface area contributed by atoms with E-state index in [0.717, 1.165) is 18.4 Å². The number of amides is 1. The number of benzene rings is 1. The molecule has 0 unspecified atom stereocenters. The average molecular weight is 262 g/mol. The normalized spacial score (nSPS) is 22.1. The third kappa shape index (κ3) is 3.47. The summed E-state index contributed by atoms with van der Waals surface area (Å²) in [6.45, 7) is 4.99. The molecule has 0 saturated carbocycles. The molecule has 1 fully saturated rings. The molecule has 0 spiro atoms. The number of nitrogens with two attached hydrogens (primary N) is 1. The molecule has 1 aliphatic rings. The summed E-state index contributed by atoms with van der Waals surface area (Å²) in [6, 6.07) is 9.75. The Morgan fingerprint density at radius 3 is 2.79 bits per heavy atom. The third-order valence-electron chi connectivity index (χ3n) is 3.70. The van der Waals surface area contributed by atoms with Gasteiger partial charge in [-0.1, -0.05) is 30.3 Å². The van der Waals surface area contributed by atoms with E-state index in [1.165, 1.54) is 0 Å². The Balaban J connectivity index is 1.95. The zero-order valence-electron chi connectivity index (χ0n) is 11.6. The van der Waals surface area contributed by atoms with Crippen molar-refractivity contribution in [1.82, 2.24) is 4.90 Å². The van der Waals surface area contributed by atoms with Crippen LogP contribution in [0.25, 0.3) is 0 Å². The molecule has 1 saturated heterocycles. The largest absolute Gasteiger partial charge is 0.445 e. The third-order valence-corrected chi connectivity index (χ3v) is 3.70. The molecule has 104 valence electrons. The fourth-order valence-corrected chi connectivity index (χ4v) is 2.37. The summed E-state index contributed by atoms with van der Waals surface area (Å²) in [5.41, 5.74) is 6.76. The number of hydrogen-bond acceptors (Lipinski definition) is 3. The van der Waals surface area contributed by atoms with Crippen molar-refractivity contribution in [3.8, 4) is 0 Å². The molecule has 1 atom stereocenters. The highest BCUT2D eigenvalue weighted by Crippen LogP contribution is 2.27. The van der Waals surface area contributed by atoms with Gasteiger partial charge in [0, 0.05) is 18.1 Å². The quantitative estimate of drug-likeness (QED) is 0.891. The first kappa shape index (κ1) is 13.9. The second-order valence-corrected chi connectivity index (χ2v) is 5.76. The number of hydrogen-bond donors (Lipinski definition) is 1. The number of likely N-dealkylation sites (tertiary alicyclic amines) is 1. The monoisotopic (exact) mass is 262 g/mol. The SMILES string of the molecule is CC1(C)CC[C@H](N)CN1C(=O)OCc1ccccc1. The number of carbonyl (C=O) groups is 1. The minimum Gasteiger partial charge on any atom is -0.445 e. The van der Waals surface area contributed by atoms with Crippen LogP contribution in [0.5, 0.6) is 0 Å². The molecule has 1 amide bonds. The van der Waals surface area contributed by atoms with E-state index in [-0.39, 0.29) is 17.7 Å². The molecule has 0 aromatic heterocycles. The van der Waals surface area contributed by atoms with Gasteiger partial charge in [-0.25, -0.2) is 4.79 Å². The summed E-state index contributed by atoms with van der Waals surface area (Å²) in [5, 5.41) is 0. The van der Waals surface area contributed by atoms with Gasteiger partial charge in [0.15, 0.2) is 0 Å². The van der Waals surface area contributed by atoms with Gasteiger partial charge in [0.05, 0.1) is 0 Å². The molecule has 0 bridgehead atoms. The fourth-order valence-electron chi connectivity index (χ4n) is 2.37. The van der Waals surface area contributed by atoms with Crippen LogP contribution in [0.15, 0.2) is 30.3 Å². The average Bonchev–Trinajstić information content (AvgIpc) is 2.40. The second kappa shape index (κ2) is 5.61. The Morgan fingerprint density at radius 1 is 1.42 bits per heavy atom. The summed E-state index contributed by atoms with van der Waals surface area (Å²) < 4.78 is 5.38. The van der Waals surface area contributed by atoms with Gasteiger partial charge in [-0.15, -0.1) is 0 Å². The predicted octanol–water partition coefficient (Wildman–Crippen LogP) is 2.52. The summed E-state index contributed by atoms with van der Waals surface area (Å²) in [5.74, 6) is 0. The molecule has 4 nitrogen and oxygen atoms in total. The van der Waals surface area contributed by atoms with E-state index in [1.807, 2.05) is 30.3 Å². The fraction of sp³-hybridized carbons (Fsp3) is 0.533.